The molecule has 0 saturated heterocycles. The van der Waals surface area contributed by atoms with Gasteiger partial charge < -0.3 is 10.6 Å². The smallest absolute Gasteiger partial charge is 0.221 e. The summed E-state index contributed by atoms with van der Waals surface area (Å²) in [6.07, 6.45) is 38.2. The first-order chi connectivity index (χ1) is 19.2. The summed E-state index contributed by atoms with van der Waals surface area (Å²) in [5.74, 6) is 0.122. The third kappa shape index (κ3) is 33.0. The monoisotopic (exact) mass is 551 g/mol. The molecular weight excluding hydrogens is 480 g/mol. The summed E-state index contributed by atoms with van der Waals surface area (Å²) in [6, 6.07) is 0. The molecule has 0 aliphatic heterocycles. The summed E-state index contributed by atoms with van der Waals surface area (Å²) in [5, 5.41) is 5.68. The van der Waals surface area contributed by atoms with Crippen molar-refractivity contribution in [3.05, 3.63) is 0 Å². The van der Waals surface area contributed by atoms with Crippen molar-refractivity contribution in [3.8, 4) is 0 Å². The Bertz CT molecular complexity index is 465. The largest absolute Gasteiger partial charge is 0.339 e. The number of hydrogen-bond donors (Lipinski definition) is 2. The zero-order valence-corrected chi connectivity index (χ0v) is 26.7. The molecule has 2 amide bonds. The molecule has 0 atom stereocenters. The molecule has 0 aromatic carbocycles. The fraction of sp³-hybridized carbons (Fsp3) is 0.943. The van der Waals surface area contributed by atoms with Crippen LogP contribution in [-0.4, -0.2) is 18.5 Å². The third-order valence-electron chi connectivity index (χ3n) is 8.09. The number of carbonyl (C=O) groups excluding carboxylic acids is 2. The van der Waals surface area contributed by atoms with E-state index >= 15 is 0 Å². The van der Waals surface area contributed by atoms with Gasteiger partial charge in [-0.1, -0.05) is 181 Å². The van der Waals surface area contributed by atoms with Crippen LogP contribution in [0.2, 0.25) is 0 Å². The van der Waals surface area contributed by atoms with Crippen LogP contribution in [0, 0.1) is 0 Å². The van der Waals surface area contributed by atoms with Crippen LogP contribution >= 0.6 is 0 Å². The molecule has 232 valence electrons. The molecule has 0 aromatic heterocycles. The van der Waals surface area contributed by atoms with Crippen molar-refractivity contribution in [2.45, 2.75) is 206 Å². The molecule has 0 bridgehead atoms. The minimum Gasteiger partial charge on any atom is -0.339 e. The van der Waals surface area contributed by atoms with Gasteiger partial charge in [0.1, 0.15) is 0 Å². The lowest BCUT2D eigenvalue weighted by atomic mass is 10.0. The molecule has 0 aliphatic rings. The lowest BCUT2D eigenvalue weighted by Gasteiger charge is -2.08. The van der Waals surface area contributed by atoms with Gasteiger partial charge in [-0.05, 0) is 12.8 Å². The molecule has 0 spiro atoms. The van der Waals surface area contributed by atoms with Crippen LogP contribution < -0.4 is 10.6 Å². The number of nitrogens with one attached hydrogen (secondary N) is 2. The van der Waals surface area contributed by atoms with E-state index in [2.05, 4.69) is 24.5 Å². The van der Waals surface area contributed by atoms with Gasteiger partial charge in [0, 0.05) is 12.8 Å². The SMILES string of the molecule is CCCCCCCCCCCCCCCCC(=O)NCNC(=O)CCCCCCCCCCCCCCCC. The highest BCUT2D eigenvalue weighted by molar-refractivity contribution is 5.78. The normalized spacial score (nSPS) is 11.1. The van der Waals surface area contributed by atoms with E-state index in [-0.39, 0.29) is 18.5 Å². The van der Waals surface area contributed by atoms with E-state index in [1.54, 1.807) is 0 Å². The van der Waals surface area contributed by atoms with Crippen molar-refractivity contribution in [1.29, 1.82) is 0 Å². The predicted molar refractivity (Wildman–Crippen MR) is 171 cm³/mol. The van der Waals surface area contributed by atoms with Gasteiger partial charge in [0.05, 0.1) is 6.67 Å². The van der Waals surface area contributed by atoms with Crippen LogP contribution in [0.25, 0.3) is 0 Å². The van der Waals surface area contributed by atoms with E-state index in [1.165, 1.54) is 154 Å². The van der Waals surface area contributed by atoms with E-state index < -0.39 is 0 Å². The Morgan fingerprint density at radius 2 is 0.538 bits per heavy atom. The summed E-state index contributed by atoms with van der Waals surface area (Å²) in [4.78, 5) is 24.0. The van der Waals surface area contributed by atoms with Crippen LogP contribution in [0.3, 0.4) is 0 Å². The fourth-order valence-electron chi connectivity index (χ4n) is 5.38. The number of rotatable bonds is 32. The lowest BCUT2D eigenvalue weighted by Crippen LogP contribution is -2.37. The number of carbonyl (C=O) groups is 2. The molecule has 2 N–H and O–H groups in total. The van der Waals surface area contributed by atoms with E-state index in [0.29, 0.717) is 12.8 Å². The molecule has 0 radical (unpaired) electrons. The van der Waals surface area contributed by atoms with Crippen LogP contribution in [-0.2, 0) is 9.59 Å². The quantitative estimate of drug-likeness (QED) is 0.0646. The first-order valence-corrected chi connectivity index (χ1v) is 17.7. The summed E-state index contributed by atoms with van der Waals surface area (Å²) in [6.45, 7) is 4.83. The fourth-order valence-corrected chi connectivity index (χ4v) is 5.38. The second kappa shape index (κ2) is 33.1. The number of unbranched alkanes of at least 4 members (excludes halogenated alkanes) is 26. The highest BCUT2D eigenvalue weighted by atomic mass is 16.2. The third-order valence-corrected chi connectivity index (χ3v) is 8.09. The zero-order chi connectivity index (χ0) is 28.5. The van der Waals surface area contributed by atoms with Gasteiger partial charge in [-0.15, -0.1) is 0 Å². The standard InChI is InChI=1S/C35H70N2O2/c1-3-5-7-9-11-13-15-17-19-21-23-25-27-29-31-34(38)36-33-37-35(39)32-30-28-26-24-22-20-18-16-14-12-10-8-6-4-2/h3-33H2,1-2H3,(H,36,38)(H,37,39). The summed E-state index contributed by atoms with van der Waals surface area (Å²) in [7, 11) is 0. The Labute approximate surface area is 245 Å². The molecule has 4 nitrogen and oxygen atoms in total. The summed E-state index contributed by atoms with van der Waals surface area (Å²) < 4.78 is 0. The Morgan fingerprint density at radius 1 is 0.333 bits per heavy atom. The van der Waals surface area contributed by atoms with Gasteiger partial charge in [-0.25, -0.2) is 0 Å². The molecule has 39 heavy (non-hydrogen) atoms. The van der Waals surface area contributed by atoms with E-state index in [0.717, 1.165) is 25.7 Å². The maximum absolute atomic E-state index is 12.0. The van der Waals surface area contributed by atoms with Crippen LogP contribution in [0.4, 0.5) is 0 Å². The maximum atomic E-state index is 12.0. The van der Waals surface area contributed by atoms with Crippen molar-refractivity contribution < 1.29 is 9.59 Å². The molecule has 0 heterocycles. The van der Waals surface area contributed by atoms with Crippen LogP contribution in [0.15, 0.2) is 0 Å². The van der Waals surface area contributed by atoms with Crippen molar-refractivity contribution in [2.75, 3.05) is 6.67 Å². The lowest BCUT2D eigenvalue weighted by molar-refractivity contribution is -0.123. The first kappa shape index (κ1) is 37.9. The van der Waals surface area contributed by atoms with Crippen molar-refractivity contribution in [1.82, 2.24) is 10.6 Å². The maximum Gasteiger partial charge on any atom is 0.221 e. The number of amides is 2. The van der Waals surface area contributed by atoms with Crippen LogP contribution in [0.5, 0.6) is 0 Å². The highest BCUT2D eigenvalue weighted by Gasteiger charge is 2.04. The van der Waals surface area contributed by atoms with E-state index in [4.69, 9.17) is 0 Å². The zero-order valence-electron chi connectivity index (χ0n) is 26.7. The summed E-state index contributed by atoms with van der Waals surface area (Å²) in [5.41, 5.74) is 0. The van der Waals surface area contributed by atoms with Crippen molar-refractivity contribution in [3.63, 3.8) is 0 Å². The van der Waals surface area contributed by atoms with Crippen LogP contribution in [0.1, 0.15) is 206 Å². The topological polar surface area (TPSA) is 58.2 Å². The Morgan fingerprint density at radius 3 is 0.769 bits per heavy atom. The molecule has 0 rings (SSSR count). The molecule has 0 aromatic rings. The van der Waals surface area contributed by atoms with Gasteiger partial charge in [0.2, 0.25) is 11.8 Å². The molecule has 0 fully saturated rings. The first-order valence-electron chi connectivity index (χ1n) is 17.7. The van der Waals surface area contributed by atoms with E-state index in [1.807, 2.05) is 0 Å². The molecule has 0 unspecified atom stereocenters. The van der Waals surface area contributed by atoms with Gasteiger partial charge in [-0.2, -0.15) is 0 Å². The second-order valence-corrected chi connectivity index (χ2v) is 12.1. The Balaban J connectivity index is 3.27. The molecule has 4 heteroatoms. The average molecular weight is 551 g/mol. The Kier molecular flexibility index (Phi) is 32.2. The average Bonchev–Trinajstić information content (AvgIpc) is 2.93. The van der Waals surface area contributed by atoms with Crippen molar-refractivity contribution in [2.24, 2.45) is 0 Å². The van der Waals surface area contributed by atoms with Gasteiger partial charge in [0.15, 0.2) is 0 Å². The van der Waals surface area contributed by atoms with Gasteiger partial charge in [0.25, 0.3) is 0 Å². The van der Waals surface area contributed by atoms with E-state index in [9.17, 15) is 9.59 Å². The summed E-state index contributed by atoms with van der Waals surface area (Å²) >= 11 is 0. The number of hydrogen-bond acceptors (Lipinski definition) is 2. The van der Waals surface area contributed by atoms with Gasteiger partial charge >= 0.3 is 0 Å². The second-order valence-electron chi connectivity index (χ2n) is 12.1. The molecular formula is C35H70N2O2. The minimum absolute atomic E-state index is 0.0609. The van der Waals surface area contributed by atoms with Gasteiger partial charge in [-0.3, -0.25) is 9.59 Å². The van der Waals surface area contributed by atoms with Crippen molar-refractivity contribution >= 4 is 11.8 Å². The highest BCUT2D eigenvalue weighted by Crippen LogP contribution is 2.14. The minimum atomic E-state index is 0.0609. The molecule has 0 saturated carbocycles. The predicted octanol–water partition coefficient (Wildman–Crippen LogP) is 10.9. The molecule has 0 aliphatic carbocycles. The Hall–Kier alpha value is -1.06.